The Hall–Kier alpha value is -2.95. The molecule has 5 heteroatoms. The zero-order chi connectivity index (χ0) is 19.4. The Bertz CT molecular complexity index is 849. The minimum Gasteiger partial charge on any atom is -0.478 e. The van der Waals surface area contributed by atoms with Crippen molar-refractivity contribution >= 4 is 17.7 Å². The fourth-order valence-electron chi connectivity index (χ4n) is 3.59. The SMILES string of the molecule is CC(=O)c1ccc(C(=O)N2CCC(Cc3ccccc3C(=O)O)CC2)cc1. The maximum absolute atomic E-state index is 12.7. The summed E-state index contributed by atoms with van der Waals surface area (Å²) in [5, 5.41) is 9.32. The third kappa shape index (κ3) is 4.42. The number of carbonyl (C=O) groups excluding carboxylic acids is 2. The first kappa shape index (κ1) is 18.8. The number of piperidine rings is 1. The third-order valence-corrected chi connectivity index (χ3v) is 5.20. The number of hydrogen-bond acceptors (Lipinski definition) is 3. The van der Waals surface area contributed by atoms with Gasteiger partial charge in [-0.3, -0.25) is 9.59 Å². The molecule has 3 rings (SSSR count). The summed E-state index contributed by atoms with van der Waals surface area (Å²) in [5.41, 5.74) is 2.41. The Morgan fingerprint density at radius 1 is 0.963 bits per heavy atom. The lowest BCUT2D eigenvalue weighted by Crippen LogP contribution is -2.39. The number of likely N-dealkylation sites (tertiary alicyclic amines) is 1. The Labute approximate surface area is 158 Å². The van der Waals surface area contributed by atoms with Crippen LogP contribution in [-0.2, 0) is 6.42 Å². The number of Topliss-reactive ketones (excluding diaryl/α,β-unsaturated/α-hetero) is 1. The van der Waals surface area contributed by atoms with E-state index in [1.54, 1.807) is 36.4 Å². The van der Waals surface area contributed by atoms with Crippen LogP contribution in [0.3, 0.4) is 0 Å². The number of ketones is 1. The molecule has 0 radical (unpaired) electrons. The standard InChI is InChI=1S/C22H23NO4/c1-15(24)17-6-8-18(9-7-17)21(25)23-12-10-16(11-13-23)14-19-4-2-3-5-20(19)22(26)27/h2-9,16H,10-14H2,1H3,(H,26,27). The molecule has 0 unspecified atom stereocenters. The largest absolute Gasteiger partial charge is 0.478 e. The lowest BCUT2D eigenvalue weighted by molar-refractivity contribution is 0.0690. The van der Waals surface area contributed by atoms with Crippen molar-refractivity contribution in [2.24, 2.45) is 5.92 Å². The molecule has 0 saturated carbocycles. The van der Waals surface area contributed by atoms with Gasteiger partial charge < -0.3 is 10.0 Å². The van der Waals surface area contributed by atoms with Crippen LogP contribution >= 0.6 is 0 Å². The molecule has 0 spiro atoms. The fourth-order valence-corrected chi connectivity index (χ4v) is 3.59. The number of aromatic carboxylic acids is 1. The van der Waals surface area contributed by atoms with Gasteiger partial charge in [-0.1, -0.05) is 30.3 Å². The summed E-state index contributed by atoms with van der Waals surface area (Å²) in [4.78, 5) is 37.2. The molecule has 1 fully saturated rings. The number of carboxylic acids is 1. The van der Waals surface area contributed by atoms with Crippen molar-refractivity contribution in [2.75, 3.05) is 13.1 Å². The summed E-state index contributed by atoms with van der Waals surface area (Å²) in [5.74, 6) is -0.562. The molecule has 27 heavy (non-hydrogen) atoms. The molecule has 1 aliphatic heterocycles. The molecule has 1 amide bonds. The second-order valence-electron chi connectivity index (χ2n) is 7.04. The van der Waals surface area contributed by atoms with Crippen molar-refractivity contribution in [1.29, 1.82) is 0 Å². The van der Waals surface area contributed by atoms with E-state index in [-0.39, 0.29) is 11.7 Å². The van der Waals surface area contributed by atoms with Gasteiger partial charge in [0.25, 0.3) is 5.91 Å². The number of nitrogens with zero attached hydrogens (tertiary/aromatic N) is 1. The van der Waals surface area contributed by atoms with Crippen LogP contribution in [0.15, 0.2) is 48.5 Å². The molecule has 0 aromatic heterocycles. The van der Waals surface area contributed by atoms with Crippen LogP contribution < -0.4 is 0 Å². The quantitative estimate of drug-likeness (QED) is 0.820. The normalized spacial score (nSPS) is 14.8. The summed E-state index contributed by atoms with van der Waals surface area (Å²) in [6, 6.07) is 13.9. The minimum atomic E-state index is -0.896. The summed E-state index contributed by atoms with van der Waals surface area (Å²) < 4.78 is 0. The van der Waals surface area contributed by atoms with Gasteiger partial charge >= 0.3 is 5.97 Å². The van der Waals surface area contributed by atoms with Crippen LogP contribution in [0.1, 0.15) is 56.4 Å². The van der Waals surface area contributed by atoms with Gasteiger partial charge in [-0.25, -0.2) is 4.79 Å². The molecule has 0 bridgehead atoms. The summed E-state index contributed by atoms with van der Waals surface area (Å²) in [6.45, 7) is 2.82. The molecule has 2 aromatic carbocycles. The van der Waals surface area contributed by atoms with Crippen molar-refractivity contribution in [3.63, 3.8) is 0 Å². The number of benzene rings is 2. The van der Waals surface area contributed by atoms with Gasteiger partial charge in [0.05, 0.1) is 5.56 Å². The minimum absolute atomic E-state index is 0.0172. The van der Waals surface area contributed by atoms with Crippen molar-refractivity contribution in [3.05, 3.63) is 70.8 Å². The fraction of sp³-hybridized carbons (Fsp3) is 0.318. The first-order chi connectivity index (χ1) is 13.0. The van der Waals surface area contributed by atoms with Crippen LogP contribution in [0, 0.1) is 5.92 Å². The van der Waals surface area contributed by atoms with Crippen LogP contribution in [0.2, 0.25) is 0 Å². The summed E-state index contributed by atoms with van der Waals surface area (Å²) >= 11 is 0. The molecule has 1 N–H and O–H groups in total. The molecule has 1 heterocycles. The van der Waals surface area contributed by atoms with Crippen LogP contribution in [0.5, 0.6) is 0 Å². The topological polar surface area (TPSA) is 74.7 Å². The molecule has 0 atom stereocenters. The Kier molecular flexibility index (Phi) is 5.69. The number of amides is 1. The first-order valence-electron chi connectivity index (χ1n) is 9.17. The molecule has 0 aliphatic carbocycles. The van der Waals surface area contributed by atoms with Crippen molar-refractivity contribution in [1.82, 2.24) is 4.90 Å². The Morgan fingerprint density at radius 2 is 1.56 bits per heavy atom. The van der Waals surface area contributed by atoms with Gasteiger partial charge in [-0.05, 0) is 55.9 Å². The predicted molar refractivity (Wildman–Crippen MR) is 102 cm³/mol. The monoisotopic (exact) mass is 365 g/mol. The number of rotatable bonds is 5. The maximum Gasteiger partial charge on any atom is 0.335 e. The van der Waals surface area contributed by atoms with Crippen LogP contribution in [-0.4, -0.2) is 40.8 Å². The third-order valence-electron chi connectivity index (χ3n) is 5.20. The van der Waals surface area contributed by atoms with Crippen LogP contribution in [0.4, 0.5) is 0 Å². The lowest BCUT2D eigenvalue weighted by Gasteiger charge is -2.32. The Balaban J connectivity index is 1.59. The average molecular weight is 365 g/mol. The molecule has 1 aliphatic rings. The van der Waals surface area contributed by atoms with Gasteiger partial charge in [0.1, 0.15) is 0 Å². The van der Waals surface area contributed by atoms with Gasteiger partial charge in [0.2, 0.25) is 0 Å². The van der Waals surface area contributed by atoms with Crippen LogP contribution in [0.25, 0.3) is 0 Å². The smallest absolute Gasteiger partial charge is 0.335 e. The van der Waals surface area contributed by atoms with E-state index >= 15 is 0 Å². The highest BCUT2D eigenvalue weighted by Crippen LogP contribution is 2.24. The van der Waals surface area contributed by atoms with E-state index in [1.807, 2.05) is 17.0 Å². The van der Waals surface area contributed by atoms with E-state index in [0.717, 1.165) is 24.8 Å². The maximum atomic E-state index is 12.7. The molecule has 2 aromatic rings. The molecule has 140 valence electrons. The second kappa shape index (κ2) is 8.16. The molecule has 1 saturated heterocycles. The summed E-state index contributed by atoms with van der Waals surface area (Å²) in [6.07, 6.45) is 2.42. The molecular formula is C22H23NO4. The van der Waals surface area contributed by atoms with E-state index in [0.29, 0.717) is 35.7 Å². The zero-order valence-electron chi connectivity index (χ0n) is 15.4. The highest BCUT2D eigenvalue weighted by atomic mass is 16.4. The Morgan fingerprint density at radius 3 is 2.15 bits per heavy atom. The summed E-state index contributed by atoms with van der Waals surface area (Å²) in [7, 11) is 0. The predicted octanol–water partition coefficient (Wildman–Crippen LogP) is 3.68. The van der Waals surface area contributed by atoms with Crippen molar-refractivity contribution in [2.45, 2.75) is 26.2 Å². The first-order valence-corrected chi connectivity index (χ1v) is 9.17. The zero-order valence-corrected chi connectivity index (χ0v) is 15.4. The molecule has 5 nitrogen and oxygen atoms in total. The lowest BCUT2D eigenvalue weighted by atomic mass is 9.88. The number of hydrogen-bond donors (Lipinski definition) is 1. The van der Waals surface area contributed by atoms with Gasteiger partial charge in [0, 0.05) is 24.2 Å². The van der Waals surface area contributed by atoms with Crippen molar-refractivity contribution in [3.8, 4) is 0 Å². The highest BCUT2D eigenvalue weighted by Gasteiger charge is 2.25. The average Bonchev–Trinajstić information content (AvgIpc) is 2.68. The van der Waals surface area contributed by atoms with Gasteiger partial charge in [-0.15, -0.1) is 0 Å². The van der Waals surface area contributed by atoms with Crippen molar-refractivity contribution < 1.29 is 19.5 Å². The molecular weight excluding hydrogens is 342 g/mol. The van der Waals surface area contributed by atoms with E-state index < -0.39 is 5.97 Å². The highest BCUT2D eigenvalue weighted by molar-refractivity contribution is 5.97. The second-order valence-corrected chi connectivity index (χ2v) is 7.04. The van der Waals surface area contributed by atoms with E-state index in [1.165, 1.54) is 6.92 Å². The van der Waals surface area contributed by atoms with E-state index in [9.17, 15) is 19.5 Å². The van der Waals surface area contributed by atoms with Gasteiger partial charge in [0.15, 0.2) is 5.78 Å². The van der Waals surface area contributed by atoms with E-state index in [4.69, 9.17) is 0 Å². The number of carbonyl (C=O) groups is 3. The van der Waals surface area contributed by atoms with E-state index in [2.05, 4.69) is 0 Å². The van der Waals surface area contributed by atoms with Gasteiger partial charge in [-0.2, -0.15) is 0 Å². The number of carboxylic acid groups (broad SMARTS) is 1.